The van der Waals surface area contributed by atoms with E-state index in [4.69, 9.17) is 0 Å². The normalized spacial score (nSPS) is 25.7. The van der Waals surface area contributed by atoms with Gasteiger partial charge in [0.1, 0.15) is 11.9 Å². The molecule has 0 bridgehead atoms. The molecule has 1 amide bonds. The van der Waals surface area contributed by atoms with Crippen LogP contribution < -0.4 is 10.6 Å². The maximum absolute atomic E-state index is 13.8. The van der Waals surface area contributed by atoms with E-state index < -0.39 is 6.04 Å². The van der Waals surface area contributed by atoms with Gasteiger partial charge >= 0.3 is 0 Å². The third-order valence-electron chi connectivity index (χ3n) is 3.77. The first-order chi connectivity index (χ1) is 8.60. The van der Waals surface area contributed by atoms with Crippen molar-refractivity contribution in [2.24, 2.45) is 0 Å². The molecule has 0 unspecified atom stereocenters. The van der Waals surface area contributed by atoms with Gasteiger partial charge in [-0.05, 0) is 43.9 Å². The van der Waals surface area contributed by atoms with Crippen molar-refractivity contribution >= 4 is 21.8 Å². The van der Waals surface area contributed by atoms with Crippen LogP contribution in [-0.2, 0) is 4.79 Å². The highest BCUT2D eigenvalue weighted by atomic mass is 79.9. The summed E-state index contributed by atoms with van der Waals surface area (Å²) in [6, 6.07) is 4.10. The summed E-state index contributed by atoms with van der Waals surface area (Å²) in [4.78, 5) is 12.0. The minimum Gasteiger partial charge on any atom is -0.336 e. The highest BCUT2D eigenvalue weighted by Gasteiger charge is 2.46. The van der Waals surface area contributed by atoms with Gasteiger partial charge < -0.3 is 5.32 Å². The second-order valence-electron chi connectivity index (χ2n) is 5.02. The zero-order chi connectivity index (χ0) is 12.8. The second-order valence-corrected chi connectivity index (χ2v) is 5.94. The van der Waals surface area contributed by atoms with Gasteiger partial charge in [-0.1, -0.05) is 15.9 Å². The Hall–Kier alpha value is -0.940. The van der Waals surface area contributed by atoms with Gasteiger partial charge in [0.05, 0.1) is 5.66 Å². The molecule has 1 saturated heterocycles. The standard InChI is InChI=1S/C13H14BrFN2O/c14-8-3-4-10(15)9(7-8)11-12(18)17-13(16-11)5-1-2-6-13/h3-4,7,11,16H,1-2,5-6H2,(H,17,18)/t11-/m1/s1. The van der Waals surface area contributed by atoms with Crippen molar-refractivity contribution < 1.29 is 9.18 Å². The lowest BCUT2D eigenvalue weighted by Crippen LogP contribution is -2.46. The maximum Gasteiger partial charge on any atom is 0.243 e. The molecule has 3 nitrogen and oxygen atoms in total. The number of hydrogen-bond acceptors (Lipinski definition) is 2. The predicted octanol–water partition coefficient (Wildman–Crippen LogP) is 2.62. The van der Waals surface area contributed by atoms with Crippen molar-refractivity contribution in [3.63, 3.8) is 0 Å². The van der Waals surface area contributed by atoms with Crippen LogP contribution in [0.4, 0.5) is 4.39 Å². The Balaban J connectivity index is 1.93. The lowest BCUT2D eigenvalue weighted by Gasteiger charge is -2.23. The monoisotopic (exact) mass is 312 g/mol. The van der Waals surface area contributed by atoms with Crippen molar-refractivity contribution in [1.82, 2.24) is 10.6 Å². The molecular weight excluding hydrogens is 299 g/mol. The van der Waals surface area contributed by atoms with E-state index in [9.17, 15) is 9.18 Å². The number of hydrogen-bond donors (Lipinski definition) is 2. The van der Waals surface area contributed by atoms with E-state index in [0.717, 1.165) is 30.2 Å². The predicted molar refractivity (Wildman–Crippen MR) is 69.3 cm³/mol. The van der Waals surface area contributed by atoms with Gasteiger partial charge in [0.15, 0.2) is 0 Å². The molecule has 0 aromatic heterocycles. The quantitative estimate of drug-likeness (QED) is 0.837. The Morgan fingerprint density at radius 1 is 1.33 bits per heavy atom. The summed E-state index contributed by atoms with van der Waals surface area (Å²) in [5.41, 5.74) is 0.0990. The summed E-state index contributed by atoms with van der Waals surface area (Å²) in [6.45, 7) is 0. The molecule has 18 heavy (non-hydrogen) atoms. The summed E-state index contributed by atoms with van der Waals surface area (Å²) in [5.74, 6) is -0.477. The highest BCUT2D eigenvalue weighted by molar-refractivity contribution is 9.10. The number of rotatable bonds is 1. The van der Waals surface area contributed by atoms with Crippen LogP contribution in [0.25, 0.3) is 0 Å². The van der Waals surface area contributed by atoms with Gasteiger partial charge in [-0.25, -0.2) is 4.39 Å². The Morgan fingerprint density at radius 2 is 2.06 bits per heavy atom. The smallest absolute Gasteiger partial charge is 0.243 e. The van der Waals surface area contributed by atoms with Crippen LogP contribution in [-0.4, -0.2) is 11.6 Å². The van der Waals surface area contributed by atoms with E-state index in [2.05, 4.69) is 26.6 Å². The highest BCUT2D eigenvalue weighted by Crippen LogP contribution is 2.35. The van der Waals surface area contributed by atoms with E-state index in [1.807, 2.05) is 0 Å². The molecule has 1 spiro atoms. The first kappa shape index (κ1) is 12.1. The number of benzene rings is 1. The molecule has 0 radical (unpaired) electrons. The molecular formula is C13H14BrFN2O. The van der Waals surface area contributed by atoms with Crippen molar-refractivity contribution in [3.8, 4) is 0 Å². The Morgan fingerprint density at radius 3 is 2.78 bits per heavy atom. The Labute approximate surface area is 113 Å². The summed E-state index contributed by atoms with van der Waals surface area (Å²) < 4.78 is 14.6. The van der Waals surface area contributed by atoms with E-state index >= 15 is 0 Å². The van der Waals surface area contributed by atoms with Gasteiger partial charge in [0.25, 0.3) is 0 Å². The number of carbonyl (C=O) groups is 1. The fourth-order valence-corrected chi connectivity index (χ4v) is 3.27. The van der Waals surface area contributed by atoms with Crippen molar-refractivity contribution in [1.29, 1.82) is 0 Å². The van der Waals surface area contributed by atoms with Crippen molar-refractivity contribution in [2.75, 3.05) is 0 Å². The summed E-state index contributed by atoms with van der Waals surface area (Å²) >= 11 is 3.31. The molecule has 1 aliphatic heterocycles. The van der Waals surface area contributed by atoms with E-state index in [0.29, 0.717) is 5.56 Å². The molecule has 1 aromatic carbocycles. The molecule has 1 aromatic rings. The van der Waals surface area contributed by atoms with Crippen LogP contribution in [0, 0.1) is 5.82 Å². The number of nitrogens with one attached hydrogen (secondary N) is 2. The Kier molecular flexibility index (Phi) is 2.90. The minimum absolute atomic E-state index is 0.131. The SMILES string of the molecule is O=C1NC2(CCCC2)N[C@@H]1c1cc(Br)ccc1F. The molecule has 2 fully saturated rings. The molecule has 2 N–H and O–H groups in total. The van der Waals surface area contributed by atoms with Crippen molar-refractivity contribution in [2.45, 2.75) is 37.4 Å². The molecule has 1 atom stereocenters. The summed E-state index contributed by atoms with van der Waals surface area (Å²) in [7, 11) is 0. The molecule has 1 aliphatic carbocycles. The maximum atomic E-state index is 13.8. The lowest BCUT2D eigenvalue weighted by atomic mass is 10.1. The minimum atomic E-state index is -0.583. The second kappa shape index (κ2) is 4.31. The van der Waals surface area contributed by atoms with Gasteiger partial charge in [0.2, 0.25) is 5.91 Å². The van der Waals surface area contributed by atoms with Gasteiger partial charge in [-0.3, -0.25) is 10.1 Å². The third-order valence-corrected chi connectivity index (χ3v) is 4.26. The van der Waals surface area contributed by atoms with Crippen LogP contribution >= 0.6 is 15.9 Å². The van der Waals surface area contributed by atoms with E-state index in [-0.39, 0.29) is 17.4 Å². The van der Waals surface area contributed by atoms with Crippen LogP contribution in [0.15, 0.2) is 22.7 Å². The fraction of sp³-hybridized carbons (Fsp3) is 0.462. The largest absolute Gasteiger partial charge is 0.336 e. The first-order valence-corrected chi connectivity index (χ1v) is 6.94. The lowest BCUT2D eigenvalue weighted by molar-refractivity contribution is -0.121. The van der Waals surface area contributed by atoms with Gasteiger partial charge in [0, 0.05) is 10.0 Å². The molecule has 2 aliphatic rings. The van der Waals surface area contributed by atoms with E-state index in [1.54, 1.807) is 12.1 Å². The fourth-order valence-electron chi connectivity index (χ4n) is 2.89. The number of halogens is 2. The topological polar surface area (TPSA) is 41.1 Å². The van der Waals surface area contributed by atoms with Crippen LogP contribution in [0.1, 0.15) is 37.3 Å². The van der Waals surface area contributed by atoms with E-state index in [1.165, 1.54) is 6.07 Å². The van der Waals surface area contributed by atoms with Gasteiger partial charge in [-0.2, -0.15) is 0 Å². The average Bonchev–Trinajstić information content (AvgIpc) is 2.90. The molecule has 3 rings (SSSR count). The molecule has 5 heteroatoms. The zero-order valence-corrected chi connectivity index (χ0v) is 11.4. The molecule has 1 saturated carbocycles. The molecule has 96 valence electrons. The van der Waals surface area contributed by atoms with Crippen molar-refractivity contribution in [3.05, 3.63) is 34.1 Å². The number of amides is 1. The third kappa shape index (κ3) is 1.95. The Bertz CT molecular complexity index is 500. The zero-order valence-electron chi connectivity index (χ0n) is 9.80. The van der Waals surface area contributed by atoms with Crippen LogP contribution in [0.2, 0.25) is 0 Å². The molecule has 1 heterocycles. The van der Waals surface area contributed by atoms with Gasteiger partial charge in [-0.15, -0.1) is 0 Å². The summed E-state index contributed by atoms with van der Waals surface area (Å²) in [5, 5.41) is 6.27. The van der Waals surface area contributed by atoms with Crippen LogP contribution in [0.3, 0.4) is 0 Å². The van der Waals surface area contributed by atoms with Crippen LogP contribution in [0.5, 0.6) is 0 Å². The first-order valence-electron chi connectivity index (χ1n) is 6.14. The number of carbonyl (C=O) groups excluding carboxylic acids is 1. The average molecular weight is 313 g/mol. The summed E-state index contributed by atoms with van der Waals surface area (Å²) in [6.07, 6.45) is 4.04.